The van der Waals surface area contributed by atoms with Crippen molar-refractivity contribution in [1.82, 2.24) is 5.32 Å². The maximum Gasteiger partial charge on any atom is 0.305 e. The van der Waals surface area contributed by atoms with Crippen LogP contribution in [0.5, 0.6) is 0 Å². The average molecular weight is 848 g/mol. The number of carbonyl (C=O) groups is 2. The Morgan fingerprint density at radius 3 is 1.13 bits per heavy atom. The molecule has 6 heteroatoms. The van der Waals surface area contributed by atoms with Crippen LogP contribution in [0.15, 0.2) is 12.2 Å². The molecule has 1 amide bonds. The highest BCUT2D eigenvalue weighted by molar-refractivity contribution is 5.76. The number of unbranched alkanes of at least 4 members (excludes halogenated alkanes) is 39. The summed E-state index contributed by atoms with van der Waals surface area (Å²) in [5.74, 6) is -0.0905. The number of aliphatic hydroxyl groups is 2. The molecule has 0 aromatic carbocycles. The molecule has 0 heterocycles. The first-order valence-corrected chi connectivity index (χ1v) is 27.0. The van der Waals surface area contributed by atoms with Gasteiger partial charge in [0, 0.05) is 12.8 Å². The summed E-state index contributed by atoms with van der Waals surface area (Å²) >= 11 is 0. The van der Waals surface area contributed by atoms with Gasteiger partial charge in [0.15, 0.2) is 0 Å². The monoisotopic (exact) mass is 848 g/mol. The number of aliphatic hydroxyl groups excluding tert-OH is 2. The highest BCUT2D eigenvalue weighted by atomic mass is 16.5. The van der Waals surface area contributed by atoms with Gasteiger partial charge in [-0.3, -0.25) is 9.59 Å². The SMILES string of the molecule is CCCCCCCCCCCCCCCCCCC/C=C/C(O)C(CO)NC(=O)CCCCCCCCCCCCCCOC(=O)CCCCCCCCCCCCCC. The summed E-state index contributed by atoms with van der Waals surface area (Å²) < 4.78 is 5.45. The minimum Gasteiger partial charge on any atom is -0.466 e. The van der Waals surface area contributed by atoms with Crippen LogP contribution in [0.1, 0.15) is 296 Å². The predicted molar refractivity (Wildman–Crippen MR) is 260 cm³/mol. The highest BCUT2D eigenvalue weighted by Crippen LogP contribution is 2.17. The molecular formula is C54H105NO5. The second-order valence-electron chi connectivity index (χ2n) is 18.6. The van der Waals surface area contributed by atoms with E-state index in [9.17, 15) is 19.8 Å². The van der Waals surface area contributed by atoms with Gasteiger partial charge in [-0.1, -0.05) is 264 Å². The van der Waals surface area contributed by atoms with Gasteiger partial charge in [-0.2, -0.15) is 0 Å². The first-order chi connectivity index (χ1) is 29.5. The van der Waals surface area contributed by atoms with Crippen molar-refractivity contribution in [3.63, 3.8) is 0 Å². The Bertz CT molecular complexity index is 893. The smallest absolute Gasteiger partial charge is 0.305 e. The van der Waals surface area contributed by atoms with Crippen molar-refractivity contribution in [3.05, 3.63) is 12.2 Å². The third-order valence-electron chi connectivity index (χ3n) is 12.6. The zero-order valence-corrected chi connectivity index (χ0v) is 40.5. The molecule has 6 nitrogen and oxygen atoms in total. The van der Waals surface area contributed by atoms with Gasteiger partial charge < -0.3 is 20.3 Å². The summed E-state index contributed by atoms with van der Waals surface area (Å²) in [6.07, 6.45) is 57.8. The van der Waals surface area contributed by atoms with Crippen molar-refractivity contribution in [2.24, 2.45) is 0 Å². The minimum absolute atomic E-state index is 0.00962. The standard InChI is InChI=1S/C54H105NO5/c1-3-5-7-9-11-13-15-17-18-19-20-21-22-23-26-30-34-38-42-46-52(57)51(50-56)55-53(58)47-43-39-35-31-27-24-25-29-33-37-41-45-49-60-54(59)48-44-40-36-32-28-16-14-12-10-8-6-4-2/h42,46,51-52,56-57H,3-41,43-45,47-50H2,1-2H3,(H,55,58)/b46-42+. The summed E-state index contributed by atoms with van der Waals surface area (Å²) in [6.45, 7) is 4.88. The molecule has 0 aromatic rings. The lowest BCUT2D eigenvalue weighted by Gasteiger charge is -2.20. The van der Waals surface area contributed by atoms with Crippen molar-refractivity contribution in [3.8, 4) is 0 Å². The average Bonchev–Trinajstić information content (AvgIpc) is 3.25. The number of esters is 1. The van der Waals surface area contributed by atoms with Crippen molar-refractivity contribution in [1.29, 1.82) is 0 Å². The van der Waals surface area contributed by atoms with E-state index in [2.05, 4.69) is 19.2 Å². The predicted octanol–water partition coefficient (Wildman–Crippen LogP) is 16.1. The Morgan fingerprint density at radius 2 is 0.767 bits per heavy atom. The lowest BCUT2D eigenvalue weighted by Crippen LogP contribution is -2.45. The molecule has 2 atom stereocenters. The number of nitrogens with one attached hydrogen (secondary N) is 1. The Balaban J connectivity index is 3.50. The number of allylic oxidation sites excluding steroid dienone is 1. The third kappa shape index (κ3) is 46.1. The summed E-state index contributed by atoms with van der Waals surface area (Å²) in [6, 6.07) is -0.638. The third-order valence-corrected chi connectivity index (χ3v) is 12.6. The van der Waals surface area contributed by atoms with Gasteiger partial charge in [0.1, 0.15) is 0 Å². The van der Waals surface area contributed by atoms with Gasteiger partial charge in [-0.25, -0.2) is 0 Å². The van der Waals surface area contributed by atoms with E-state index in [-0.39, 0.29) is 18.5 Å². The van der Waals surface area contributed by atoms with Crippen LogP contribution in [-0.2, 0) is 14.3 Å². The normalized spacial score (nSPS) is 12.7. The topological polar surface area (TPSA) is 95.9 Å². The van der Waals surface area contributed by atoms with Crippen molar-refractivity contribution in [2.75, 3.05) is 13.2 Å². The molecule has 0 rings (SSSR count). The second-order valence-corrected chi connectivity index (χ2v) is 18.6. The number of rotatable bonds is 50. The molecule has 0 spiro atoms. The molecule has 60 heavy (non-hydrogen) atoms. The van der Waals surface area contributed by atoms with Gasteiger partial charge in [0.25, 0.3) is 0 Å². The Morgan fingerprint density at radius 1 is 0.450 bits per heavy atom. The van der Waals surface area contributed by atoms with E-state index in [4.69, 9.17) is 4.74 Å². The number of ether oxygens (including phenoxy) is 1. The van der Waals surface area contributed by atoms with E-state index >= 15 is 0 Å². The molecule has 0 bridgehead atoms. The van der Waals surface area contributed by atoms with Gasteiger partial charge in [0.05, 0.1) is 25.4 Å². The molecule has 0 aliphatic heterocycles. The van der Waals surface area contributed by atoms with Crippen molar-refractivity contribution in [2.45, 2.75) is 309 Å². The lowest BCUT2D eigenvalue weighted by atomic mass is 10.0. The second kappa shape index (κ2) is 50.2. The van der Waals surface area contributed by atoms with E-state index in [1.807, 2.05) is 6.08 Å². The number of carbonyl (C=O) groups excluding carboxylic acids is 2. The maximum atomic E-state index is 12.4. The maximum absolute atomic E-state index is 12.4. The molecule has 0 saturated heterocycles. The first kappa shape index (κ1) is 58.6. The van der Waals surface area contributed by atoms with Crippen LogP contribution in [0.2, 0.25) is 0 Å². The summed E-state index contributed by atoms with van der Waals surface area (Å²) in [7, 11) is 0. The minimum atomic E-state index is -0.854. The molecular weight excluding hydrogens is 743 g/mol. The fraction of sp³-hybridized carbons (Fsp3) is 0.926. The lowest BCUT2D eigenvalue weighted by molar-refractivity contribution is -0.143. The molecule has 356 valence electrons. The Hall–Kier alpha value is -1.40. The fourth-order valence-electron chi connectivity index (χ4n) is 8.40. The van der Waals surface area contributed by atoms with Gasteiger partial charge in [0.2, 0.25) is 5.91 Å². The summed E-state index contributed by atoms with van der Waals surface area (Å²) in [4.78, 5) is 24.5. The van der Waals surface area contributed by atoms with Gasteiger partial charge in [-0.15, -0.1) is 0 Å². The van der Waals surface area contributed by atoms with Crippen LogP contribution in [-0.4, -0.2) is 47.4 Å². The fourth-order valence-corrected chi connectivity index (χ4v) is 8.40. The molecule has 0 fully saturated rings. The molecule has 0 radical (unpaired) electrons. The Labute approximate surface area is 374 Å². The van der Waals surface area contributed by atoms with Gasteiger partial charge >= 0.3 is 5.97 Å². The van der Waals surface area contributed by atoms with Crippen LogP contribution in [0.25, 0.3) is 0 Å². The van der Waals surface area contributed by atoms with E-state index in [0.717, 1.165) is 57.8 Å². The van der Waals surface area contributed by atoms with Crippen LogP contribution in [0, 0.1) is 0 Å². The van der Waals surface area contributed by atoms with Crippen LogP contribution >= 0.6 is 0 Å². The number of hydrogen-bond donors (Lipinski definition) is 3. The molecule has 0 aromatic heterocycles. The zero-order chi connectivity index (χ0) is 43.7. The molecule has 2 unspecified atom stereocenters. The molecule has 0 aliphatic rings. The molecule has 0 saturated carbocycles. The van der Waals surface area contributed by atoms with Crippen LogP contribution in [0.4, 0.5) is 0 Å². The van der Waals surface area contributed by atoms with E-state index in [1.165, 1.54) is 212 Å². The summed E-state index contributed by atoms with van der Waals surface area (Å²) in [5.41, 5.74) is 0. The zero-order valence-electron chi connectivity index (χ0n) is 40.5. The van der Waals surface area contributed by atoms with Crippen molar-refractivity contribution >= 4 is 11.9 Å². The largest absolute Gasteiger partial charge is 0.466 e. The van der Waals surface area contributed by atoms with Crippen molar-refractivity contribution < 1.29 is 24.5 Å². The number of hydrogen-bond acceptors (Lipinski definition) is 5. The summed E-state index contributed by atoms with van der Waals surface area (Å²) in [5, 5.41) is 23.1. The van der Waals surface area contributed by atoms with E-state index < -0.39 is 12.1 Å². The molecule has 0 aliphatic carbocycles. The van der Waals surface area contributed by atoms with E-state index in [0.29, 0.717) is 19.4 Å². The number of amides is 1. The molecule has 3 N–H and O–H groups in total. The Kier molecular flexibility index (Phi) is 49.1. The van der Waals surface area contributed by atoms with Gasteiger partial charge in [-0.05, 0) is 32.1 Å². The van der Waals surface area contributed by atoms with Crippen LogP contribution < -0.4 is 5.32 Å². The quantitative estimate of drug-likeness (QED) is 0.0322. The highest BCUT2D eigenvalue weighted by Gasteiger charge is 2.18. The first-order valence-electron chi connectivity index (χ1n) is 27.0. The van der Waals surface area contributed by atoms with Crippen LogP contribution in [0.3, 0.4) is 0 Å². The van der Waals surface area contributed by atoms with E-state index in [1.54, 1.807) is 6.08 Å².